The highest BCUT2D eigenvalue weighted by molar-refractivity contribution is 5.87. The normalized spacial score (nSPS) is 15.0. The third-order valence-corrected chi connectivity index (χ3v) is 3.35. The Labute approximate surface area is 83.7 Å². The number of hydrogen-bond donors (Lipinski definition) is 0. The molecule has 1 nitrogen and oxygen atoms in total. The molecule has 14 heavy (non-hydrogen) atoms. The number of benzene rings is 1. The smallest absolute Gasteiger partial charge is 0.134 e. The summed E-state index contributed by atoms with van der Waals surface area (Å²) in [5.74, 6) is 1.12. The van der Waals surface area contributed by atoms with Gasteiger partial charge >= 0.3 is 0 Å². The Morgan fingerprint density at radius 1 is 1.07 bits per heavy atom. The van der Waals surface area contributed by atoms with Gasteiger partial charge in [-0.1, -0.05) is 6.07 Å². The zero-order valence-electron chi connectivity index (χ0n) is 8.68. The maximum Gasteiger partial charge on any atom is 0.134 e. The van der Waals surface area contributed by atoms with Gasteiger partial charge in [0.2, 0.25) is 0 Å². The van der Waals surface area contributed by atoms with Gasteiger partial charge in [-0.2, -0.15) is 0 Å². The lowest BCUT2D eigenvalue weighted by Crippen LogP contribution is -2.01. The lowest BCUT2D eigenvalue weighted by Gasteiger charge is -2.13. The van der Waals surface area contributed by atoms with Crippen molar-refractivity contribution in [1.82, 2.24) is 0 Å². The van der Waals surface area contributed by atoms with Crippen molar-refractivity contribution in [3.05, 3.63) is 34.6 Å². The van der Waals surface area contributed by atoms with Gasteiger partial charge in [-0.05, 0) is 50.3 Å². The third kappa shape index (κ3) is 0.899. The summed E-state index contributed by atoms with van der Waals surface area (Å²) in [7, 11) is 0. The molecule has 1 aromatic heterocycles. The Morgan fingerprint density at radius 3 is 2.71 bits per heavy atom. The highest BCUT2D eigenvalue weighted by Gasteiger charge is 2.19. The van der Waals surface area contributed by atoms with Crippen molar-refractivity contribution >= 4 is 11.0 Å². The van der Waals surface area contributed by atoms with E-state index in [1.165, 1.54) is 41.3 Å². The topological polar surface area (TPSA) is 13.1 Å². The van der Waals surface area contributed by atoms with Gasteiger partial charge in [0.15, 0.2) is 0 Å². The lowest BCUT2D eigenvalue weighted by atomic mass is 9.89. The van der Waals surface area contributed by atoms with E-state index in [1.807, 2.05) is 0 Å². The van der Waals surface area contributed by atoms with Crippen molar-refractivity contribution in [2.24, 2.45) is 0 Å². The summed E-state index contributed by atoms with van der Waals surface area (Å²) in [6.45, 7) is 4.28. The fourth-order valence-electron chi connectivity index (χ4n) is 2.61. The molecular formula is C13H14O. The van der Waals surface area contributed by atoms with Gasteiger partial charge in [-0.3, -0.25) is 0 Å². The zero-order chi connectivity index (χ0) is 9.71. The first-order valence-corrected chi connectivity index (χ1v) is 5.28. The average molecular weight is 186 g/mol. The first kappa shape index (κ1) is 8.10. The molecule has 0 saturated carbocycles. The van der Waals surface area contributed by atoms with Crippen LogP contribution in [0.25, 0.3) is 11.0 Å². The summed E-state index contributed by atoms with van der Waals surface area (Å²) in [5, 5.41) is 1.41. The molecule has 0 N–H and O–H groups in total. The number of furan rings is 1. The van der Waals surface area contributed by atoms with Crippen LogP contribution in [0, 0.1) is 13.8 Å². The zero-order valence-corrected chi connectivity index (χ0v) is 8.68. The van der Waals surface area contributed by atoms with Crippen LogP contribution in [0.5, 0.6) is 0 Å². The summed E-state index contributed by atoms with van der Waals surface area (Å²) in [6, 6.07) is 4.28. The molecule has 1 aliphatic carbocycles. The van der Waals surface area contributed by atoms with E-state index in [1.54, 1.807) is 0 Å². The van der Waals surface area contributed by atoms with Gasteiger partial charge in [-0.25, -0.2) is 0 Å². The first-order chi connectivity index (χ1) is 6.77. The molecule has 0 saturated heterocycles. The van der Waals surface area contributed by atoms with E-state index < -0.39 is 0 Å². The average Bonchev–Trinajstić information content (AvgIpc) is 2.52. The second kappa shape index (κ2) is 2.63. The van der Waals surface area contributed by atoms with Gasteiger partial charge in [-0.15, -0.1) is 0 Å². The van der Waals surface area contributed by atoms with Crippen LogP contribution in [0.3, 0.4) is 0 Å². The van der Waals surface area contributed by atoms with E-state index in [9.17, 15) is 0 Å². The standard InChI is InChI=1S/C13H14O/c1-8-6-7-12-13-10(8)4-3-5-11(13)9(2)14-12/h6-7H,3-5H2,1-2H3. The fraction of sp³-hybridized carbons (Fsp3) is 0.385. The van der Waals surface area contributed by atoms with Gasteiger partial charge in [0.05, 0.1) is 0 Å². The molecule has 3 rings (SSSR count). The van der Waals surface area contributed by atoms with Crippen LogP contribution < -0.4 is 0 Å². The monoisotopic (exact) mass is 186 g/mol. The second-order valence-electron chi connectivity index (χ2n) is 4.22. The van der Waals surface area contributed by atoms with Crippen molar-refractivity contribution in [1.29, 1.82) is 0 Å². The molecule has 72 valence electrons. The highest BCUT2D eigenvalue weighted by Crippen LogP contribution is 2.35. The molecule has 0 atom stereocenters. The van der Waals surface area contributed by atoms with E-state index in [0.29, 0.717) is 0 Å². The van der Waals surface area contributed by atoms with Crippen LogP contribution in [0.1, 0.15) is 28.9 Å². The summed E-state index contributed by atoms with van der Waals surface area (Å²) >= 11 is 0. The van der Waals surface area contributed by atoms with Crippen molar-refractivity contribution in [2.75, 3.05) is 0 Å². The van der Waals surface area contributed by atoms with Crippen molar-refractivity contribution < 1.29 is 4.42 Å². The molecule has 0 aliphatic heterocycles. The Morgan fingerprint density at radius 2 is 1.86 bits per heavy atom. The molecule has 0 unspecified atom stereocenters. The molecule has 0 spiro atoms. The third-order valence-electron chi connectivity index (χ3n) is 3.35. The quantitative estimate of drug-likeness (QED) is 0.613. The van der Waals surface area contributed by atoms with Crippen molar-refractivity contribution in [3.63, 3.8) is 0 Å². The maximum atomic E-state index is 5.77. The molecular weight excluding hydrogens is 172 g/mol. The van der Waals surface area contributed by atoms with Crippen LogP contribution in [0.15, 0.2) is 16.5 Å². The molecule has 2 aromatic rings. The van der Waals surface area contributed by atoms with Crippen molar-refractivity contribution in [2.45, 2.75) is 33.1 Å². The Bertz CT molecular complexity index is 505. The minimum Gasteiger partial charge on any atom is -0.461 e. The van der Waals surface area contributed by atoms with Crippen molar-refractivity contribution in [3.8, 4) is 0 Å². The molecule has 0 radical (unpaired) electrons. The minimum atomic E-state index is 1.08. The number of rotatable bonds is 0. The van der Waals surface area contributed by atoms with E-state index in [0.717, 1.165) is 11.3 Å². The Hall–Kier alpha value is -1.24. The fourth-order valence-corrected chi connectivity index (χ4v) is 2.61. The molecule has 1 aromatic carbocycles. The molecule has 1 aliphatic rings. The largest absolute Gasteiger partial charge is 0.461 e. The maximum absolute atomic E-state index is 5.77. The van der Waals surface area contributed by atoms with Gasteiger partial charge in [0, 0.05) is 10.9 Å². The van der Waals surface area contributed by atoms with E-state index >= 15 is 0 Å². The highest BCUT2D eigenvalue weighted by atomic mass is 16.3. The van der Waals surface area contributed by atoms with Gasteiger partial charge in [0.25, 0.3) is 0 Å². The Kier molecular flexibility index (Phi) is 1.52. The van der Waals surface area contributed by atoms with E-state index in [-0.39, 0.29) is 0 Å². The van der Waals surface area contributed by atoms with Crippen LogP contribution in [0.4, 0.5) is 0 Å². The van der Waals surface area contributed by atoms with Crippen LogP contribution >= 0.6 is 0 Å². The summed E-state index contributed by atoms with van der Waals surface area (Å²) < 4.78 is 5.77. The minimum absolute atomic E-state index is 1.08. The van der Waals surface area contributed by atoms with E-state index in [4.69, 9.17) is 4.42 Å². The van der Waals surface area contributed by atoms with Gasteiger partial charge < -0.3 is 4.42 Å². The molecule has 1 heteroatoms. The summed E-state index contributed by atoms with van der Waals surface area (Å²) in [6.07, 6.45) is 3.68. The molecule has 0 fully saturated rings. The predicted molar refractivity (Wildman–Crippen MR) is 57.7 cm³/mol. The SMILES string of the molecule is Cc1ccc2oc(C)c3c2c1CCC3. The molecule has 1 heterocycles. The predicted octanol–water partition coefficient (Wildman–Crippen LogP) is 3.54. The van der Waals surface area contributed by atoms with E-state index in [2.05, 4.69) is 26.0 Å². The molecule has 0 amide bonds. The summed E-state index contributed by atoms with van der Waals surface area (Å²) in [5.41, 5.74) is 5.46. The summed E-state index contributed by atoms with van der Waals surface area (Å²) in [4.78, 5) is 0. The second-order valence-corrected chi connectivity index (χ2v) is 4.22. The number of hydrogen-bond acceptors (Lipinski definition) is 1. The molecule has 0 bridgehead atoms. The Balaban J connectivity index is 2.51. The van der Waals surface area contributed by atoms with Crippen LogP contribution in [0.2, 0.25) is 0 Å². The van der Waals surface area contributed by atoms with Gasteiger partial charge in [0.1, 0.15) is 11.3 Å². The van der Waals surface area contributed by atoms with Crippen LogP contribution in [-0.4, -0.2) is 0 Å². The lowest BCUT2D eigenvalue weighted by molar-refractivity contribution is 0.571. The van der Waals surface area contributed by atoms with Crippen LogP contribution in [-0.2, 0) is 12.8 Å². The number of aryl methyl sites for hydroxylation is 4. The first-order valence-electron chi connectivity index (χ1n) is 5.28.